The molecule has 0 saturated heterocycles. The topological polar surface area (TPSA) is 57.8 Å². The Morgan fingerprint density at radius 2 is 1.92 bits per heavy atom. The Labute approximate surface area is 140 Å². The van der Waals surface area contributed by atoms with E-state index in [1.165, 1.54) is 4.40 Å². The molecule has 0 fully saturated rings. The molecule has 2 heterocycles. The quantitative estimate of drug-likeness (QED) is 0.757. The van der Waals surface area contributed by atoms with Gasteiger partial charge in [-0.3, -0.25) is 9.20 Å². The number of nitrogens with zero attached hydrogens (tertiary/aromatic N) is 3. The highest BCUT2D eigenvalue weighted by atomic mass is 16.3. The monoisotopic (exact) mass is 323 g/mol. The molecule has 1 N–H and O–H groups in total. The highest BCUT2D eigenvalue weighted by molar-refractivity contribution is 5.48. The second-order valence-corrected chi connectivity index (χ2v) is 5.72. The number of aliphatic hydroxyl groups is 1. The van der Waals surface area contributed by atoms with Gasteiger partial charge >= 0.3 is 0 Å². The van der Waals surface area contributed by atoms with Crippen molar-refractivity contribution in [2.45, 2.75) is 25.9 Å². The van der Waals surface area contributed by atoms with Crippen molar-refractivity contribution in [2.75, 3.05) is 11.5 Å². The van der Waals surface area contributed by atoms with Crippen LogP contribution in [0.3, 0.4) is 0 Å². The smallest absolute Gasteiger partial charge is 0.258 e. The molecule has 0 saturated carbocycles. The molecule has 5 nitrogen and oxygen atoms in total. The van der Waals surface area contributed by atoms with Crippen molar-refractivity contribution in [2.24, 2.45) is 0 Å². The van der Waals surface area contributed by atoms with Crippen LogP contribution in [0.5, 0.6) is 0 Å². The summed E-state index contributed by atoms with van der Waals surface area (Å²) in [5.74, 6) is 0. The second kappa shape index (κ2) is 7.27. The van der Waals surface area contributed by atoms with Crippen molar-refractivity contribution >= 4 is 11.3 Å². The molecule has 5 heteroatoms. The molecular weight excluding hydrogens is 302 g/mol. The zero-order valence-electron chi connectivity index (χ0n) is 13.7. The van der Waals surface area contributed by atoms with Gasteiger partial charge in [0.1, 0.15) is 5.65 Å². The first-order chi connectivity index (χ1) is 11.7. The fourth-order valence-electron chi connectivity index (χ4n) is 2.86. The van der Waals surface area contributed by atoms with Gasteiger partial charge in [0, 0.05) is 18.0 Å². The van der Waals surface area contributed by atoms with Gasteiger partial charge in [-0.25, -0.2) is 4.98 Å². The van der Waals surface area contributed by atoms with Crippen LogP contribution in [0.2, 0.25) is 0 Å². The molecular formula is C19H21N3O2. The van der Waals surface area contributed by atoms with Crippen molar-refractivity contribution in [3.05, 3.63) is 76.8 Å². The number of hydrogen-bond donors (Lipinski definition) is 1. The largest absolute Gasteiger partial charge is 0.394 e. The molecule has 0 aliphatic heterocycles. The molecule has 1 unspecified atom stereocenters. The number of pyridine rings is 1. The van der Waals surface area contributed by atoms with Gasteiger partial charge in [-0.2, -0.15) is 0 Å². The summed E-state index contributed by atoms with van der Waals surface area (Å²) in [5.41, 5.74) is 2.24. The fourth-order valence-corrected chi connectivity index (χ4v) is 2.86. The summed E-state index contributed by atoms with van der Waals surface area (Å²) in [6, 6.07) is 16.9. The number of aromatic nitrogens is 2. The minimum absolute atomic E-state index is 0.0246. The lowest BCUT2D eigenvalue weighted by Gasteiger charge is -2.31. The maximum absolute atomic E-state index is 12.3. The van der Waals surface area contributed by atoms with Crippen molar-refractivity contribution in [3.8, 4) is 0 Å². The van der Waals surface area contributed by atoms with Crippen LogP contribution in [-0.4, -0.2) is 27.1 Å². The first kappa shape index (κ1) is 16.2. The summed E-state index contributed by atoms with van der Waals surface area (Å²) in [6.45, 7) is 2.57. The molecule has 3 rings (SSSR count). The van der Waals surface area contributed by atoms with E-state index in [1.54, 1.807) is 12.3 Å². The van der Waals surface area contributed by atoms with E-state index in [9.17, 15) is 9.90 Å². The Morgan fingerprint density at radius 1 is 1.17 bits per heavy atom. The third-order valence-corrected chi connectivity index (χ3v) is 4.17. The zero-order chi connectivity index (χ0) is 16.9. The van der Waals surface area contributed by atoms with Crippen LogP contribution in [0.1, 0.15) is 19.0 Å². The van der Waals surface area contributed by atoms with Crippen LogP contribution in [-0.2, 0) is 6.54 Å². The van der Waals surface area contributed by atoms with Gasteiger partial charge in [-0.05, 0) is 30.7 Å². The van der Waals surface area contributed by atoms with Crippen LogP contribution in [0.25, 0.3) is 5.65 Å². The highest BCUT2D eigenvalue weighted by Gasteiger charge is 2.18. The minimum Gasteiger partial charge on any atom is -0.394 e. The lowest BCUT2D eigenvalue weighted by atomic mass is 10.1. The Hall–Kier alpha value is -2.66. The average Bonchev–Trinajstić information content (AvgIpc) is 2.63. The number of rotatable bonds is 6. The summed E-state index contributed by atoms with van der Waals surface area (Å²) in [7, 11) is 0. The lowest BCUT2D eigenvalue weighted by Crippen LogP contribution is -2.37. The molecule has 124 valence electrons. The minimum atomic E-state index is -0.0966. The van der Waals surface area contributed by atoms with Gasteiger partial charge in [-0.1, -0.05) is 31.2 Å². The van der Waals surface area contributed by atoms with Crippen LogP contribution < -0.4 is 10.5 Å². The molecule has 2 aromatic heterocycles. The SMILES string of the molecule is CCC(CO)N(Cc1cc(=O)n2ccccc2n1)c1ccccc1. The second-order valence-electron chi connectivity index (χ2n) is 5.72. The normalized spacial score (nSPS) is 12.2. The van der Waals surface area contributed by atoms with E-state index in [0.29, 0.717) is 17.9 Å². The van der Waals surface area contributed by atoms with Gasteiger partial charge in [-0.15, -0.1) is 0 Å². The predicted octanol–water partition coefficient (Wildman–Crippen LogP) is 2.47. The first-order valence-corrected chi connectivity index (χ1v) is 8.12. The van der Waals surface area contributed by atoms with E-state index >= 15 is 0 Å². The molecule has 1 aromatic carbocycles. The van der Waals surface area contributed by atoms with Gasteiger partial charge in [0.15, 0.2) is 0 Å². The lowest BCUT2D eigenvalue weighted by molar-refractivity contribution is 0.255. The maximum Gasteiger partial charge on any atom is 0.258 e. The highest BCUT2D eigenvalue weighted by Crippen LogP contribution is 2.20. The summed E-state index contributed by atoms with van der Waals surface area (Å²) >= 11 is 0. The molecule has 3 aromatic rings. The summed E-state index contributed by atoms with van der Waals surface area (Å²) < 4.78 is 1.53. The fraction of sp³-hybridized carbons (Fsp3) is 0.263. The summed E-state index contributed by atoms with van der Waals surface area (Å²) in [4.78, 5) is 19.0. The molecule has 0 aliphatic rings. The Morgan fingerprint density at radius 3 is 2.62 bits per heavy atom. The standard InChI is InChI=1S/C19H21N3O2/c1-2-16(14-23)22(17-8-4-3-5-9-17)13-15-12-19(24)21-11-7-6-10-18(21)20-15/h3-12,16,23H,2,13-14H2,1H3. The van der Waals surface area contributed by atoms with Crippen LogP contribution >= 0.6 is 0 Å². The summed E-state index contributed by atoms with van der Waals surface area (Å²) in [5, 5.41) is 9.73. The third-order valence-electron chi connectivity index (χ3n) is 4.17. The van der Waals surface area contributed by atoms with Crippen molar-refractivity contribution in [3.63, 3.8) is 0 Å². The van der Waals surface area contributed by atoms with Crippen LogP contribution in [0, 0.1) is 0 Å². The van der Waals surface area contributed by atoms with E-state index in [-0.39, 0.29) is 18.2 Å². The third kappa shape index (κ3) is 3.31. The van der Waals surface area contributed by atoms with E-state index in [2.05, 4.69) is 9.88 Å². The molecule has 24 heavy (non-hydrogen) atoms. The number of hydrogen-bond acceptors (Lipinski definition) is 4. The first-order valence-electron chi connectivity index (χ1n) is 8.12. The average molecular weight is 323 g/mol. The van der Waals surface area contributed by atoms with Gasteiger partial charge in [0.05, 0.1) is 24.9 Å². The van der Waals surface area contributed by atoms with E-state index in [4.69, 9.17) is 0 Å². The number of benzene rings is 1. The van der Waals surface area contributed by atoms with Crippen molar-refractivity contribution < 1.29 is 5.11 Å². The number of anilines is 1. The number of aliphatic hydroxyl groups excluding tert-OH is 1. The van der Waals surface area contributed by atoms with Gasteiger partial charge in [0.25, 0.3) is 5.56 Å². The molecule has 0 spiro atoms. The molecule has 1 atom stereocenters. The van der Waals surface area contributed by atoms with Gasteiger partial charge < -0.3 is 10.0 Å². The summed E-state index contributed by atoms with van der Waals surface area (Å²) in [6.07, 6.45) is 2.52. The van der Waals surface area contributed by atoms with Gasteiger partial charge in [0.2, 0.25) is 0 Å². The van der Waals surface area contributed by atoms with E-state index < -0.39 is 0 Å². The predicted molar refractivity (Wildman–Crippen MR) is 95.3 cm³/mol. The van der Waals surface area contributed by atoms with Crippen LogP contribution in [0.4, 0.5) is 5.69 Å². The Kier molecular flexibility index (Phi) is 4.91. The van der Waals surface area contributed by atoms with E-state index in [0.717, 1.165) is 12.1 Å². The van der Waals surface area contributed by atoms with Crippen molar-refractivity contribution in [1.82, 2.24) is 9.38 Å². The Balaban J connectivity index is 2.00. The van der Waals surface area contributed by atoms with Crippen LogP contribution in [0.15, 0.2) is 65.6 Å². The maximum atomic E-state index is 12.3. The zero-order valence-corrected chi connectivity index (χ0v) is 13.7. The molecule has 0 aliphatic carbocycles. The molecule has 0 amide bonds. The number of fused-ring (bicyclic) bond motifs is 1. The number of para-hydroxylation sites is 1. The van der Waals surface area contributed by atoms with Crippen molar-refractivity contribution in [1.29, 1.82) is 0 Å². The molecule has 0 radical (unpaired) electrons. The Bertz CT molecular complexity index is 857. The van der Waals surface area contributed by atoms with E-state index in [1.807, 2.05) is 55.5 Å². The molecule has 0 bridgehead atoms.